The first-order valence-electron chi connectivity index (χ1n) is 8.07. The molecule has 4 bridgehead atoms. The number of methoxy groups -OCH3 is 1. The summed E-state index contributed by atoms with van der Waals surface area (Å²) in [5.74, 6) is 3.09. The van der Waals surface area contributed by atoms with Crippen molar-refractivity contribution >= 4 is 5.91 Å². The molecule has 1 N–H and O–H groups in total. The molecule has 0 aromatic carbocycles. The van der Waals surface area contributed by atoms with Crippen molar-refractivity contribution in [1.29, 1.82) is 0 Å². The molecule has 4 fully saturated rings. The van der Waals surface area contributed by atoms with Crippen molar-refractivity contribution in [3.8, 4) is 0 Å². The van der Waals surface area contributed by atoms with Crippen molar-refractivity contribution in [2.24, 2.45) is 23.7 Å². The number of rotatable bonds is 6. The van der Waals surface area contributed by atoms with Crippen LogP contribution in [0.3, 0.4) is 0 Å². The maximum Gasteiger partial charge on any atom is 0.246 e. The first-order valence-corrected chi connectivity index (χ1v) is 8.07. The van der Waals surface area contributed by atoms with Crippen LogP contribution in [0.4, 0.5) is 0 Å². The van der Waals surface area contributed by atoms with Crippen LogP contribution in [0, 0.1) is 23.7 Å². The van der Waals surface area contributed by atoms with Crippen LogP contribution in [0.25, 0.3) is 0 Å². The van der Waals surface area contributed by atoms with E-state index in [4.69, 9.17) is 9.47 Å². The average Bonchev–Trinajstić information content (AvgIpc) is 2.44. The Morgan fingerprint density at radius 3 is 2.25 bits per heavy atom. The highest BCUT2D eigenvalue weighted by Gasteiger charge is 2.57. The zero-order valence-corrected chi connectivity index (χ0v) is 12.7. The van der Waals surface area contributed by atoms with Crippen molar-refractivity contribution in [2.75, 3.05) is 26.9 Å². The Morgan fingerprint density at radius 2 is 1.75 bits per heavy atom. The van der Waals surface area contributed by atoms with Gasteiger partial charge in [-0.05, 0) is 62.7 Å². The topological polar surface area (TPSA) is 47.6 Å². The Labute approximate surface area is 121 Å². The molecule has 1 amide bonds. The molecule has 4 saturated carbocycles. The van der Waals surface area contributed by atoms with Crippen LogP contribution in [0.5, 0.6) is 0 Å². The Bertz CT molecular complexity index is 341. The molecule has 4 nitrogen and oxygen atoms in total. The Kier molecular flexibility index (Phi) is 4.04. The quantitative estimate of drug-likeness (QED) is 0.810. The lowest BCUT2D eigenvalue weighted by atomic mass is 9.49. The molecule has 114 valence electrons. The minimum absolute atomic E-state index is 0.0166. The lowest BCUT2D eigenvalue weighted by Gasteiger charge is -2.60. The van der Waals surface area contributed by atoms with Crippen molar-refractivity contribution in [3.63, 3.8) is 0 Å². The molecular weight excluding hydrogens is 254 g/mol. The second-order valence-electron chi connectivity index (χ2n) is 6.88. The van der Waals surface area contributed by atoms with Gasteiger partial charge in [0.15, 0.2) is 0 Å². The largest absolute Gasteiger partial charge is 0.376 e. The summed E-state index contributed by atoms with van der Waals surface area (Å²) in [5.41, 5.74) is -0.116. The lowest BCUT2D eigenvalue weighted by molar-refractivity contribution is -0.188. The van der Waals surface area contributed by atoms with Gasteiger partial charge in [0.05, 0.1) is 5.60 Å². The smallest absolute Gasteiger partial charge is 0.246 e. The number of hydrogen-bond acceptors (Lipinski definition) is 3. The Balaban J connectivity index is 1.64. The van der Waals surface area contributed by atoms with Crippen LogP contribution >= 0.6 is 0 Å². The van der Waals surface area contributed by atoms with Gasteiger partial charge in [0.2, 0.25) is 5.91 Å². The highest BCUT2D eigenvalue weighted by Crippen LogP contribution is 2.59. The van der Waals surface area contributed by atoms with Gasteiger partial charge >= 0.3 is 0 Å². The summed E-state index contributed by atoms with van der Waals surface area (Å²) in [6, 6.07) is 0. The number of nitrogens with one attached hydrogen (secondary N) is 1. The van der Waals surface area contributed by atoms with Crippen molar-refractivity contribution in [3.05, 3.63) is 0 Å². The van der Waals surface area contributed by atoms with Crippen LogP contribution in [-0.2, 0) is 14.3 Å². The second-order valence-corrected chi connectivity index (χ2v) is 6.88. The number of amides is 1. The summed E-state index contributed by atoms with van der Waals surface area (Å²) in [5, 5.41) is 3.05. The van der Waals surface area contributed by atoms with Crippen LogP contribution in [0.15, 0.2) is 0 Å². The summed E-state index contributed by atoms with van der Waals surface area (Å²) in [7, 11) is 1.83. The highest BCUT2D eigenvalue weighted by molar-refractivity contribution is 5.77. The molecule has 0 saturated heterocycles. The van der Waals surface area contributed by atoms with Gasteiger partial charge in [0, 0.05) is 20.3 Å². The number of carbonyl (C=O) groups is 1. The molecular formula is C16H27NO3. The van der Waals surface area contributed by atoms with E-state index in [1.807, 2.05) is 14.0 Å². The SMILES string of the molecule is CCOCC(=O)NCC1(OC)C2CC3CC(C2)CC1C3. The first-order chi connectivity index (χ1) is 9.68. The average molecular weight is 281 g/mol. The molecule has 4 heteroatoms. The monoisotopic (exact) mass is 281 g/mol. The van der Waals surface area contributed by atoms with Crippen molar-refractivity contribution in [1.82, 2.24) is 5.32 Å². The molecule has 0 spiro atoms. The van der Waals surface area contributed by atoms with E-state index in [2.05, 4.69) is 5.32 Å². The summed E-state index contributed by atoms with van der Waals surface area (Å²) in [6.07, 6.45) is 6.61. The third-order valence-electron chi connectivity index (χ3n) is 5.90. The molecule has 4 aliphatic rings. The zero-order chi connectivity index (χ0) is 14.2. The molecule has 0 aromatic rings. The molecule has 0 aliphatic heterocycles. The molecule has 0 radical (unpaired) electrons. The Morgan fingerprint density at radius 1 is 1.15 bits per heavy atom. The predicted molar refractivity (Wildman–Crippen MR) is 76.3 cm³/mol. The van der Waals surface area contributed by atoms with Gasteiger partial charge in [0.1, 0.15) is 6.61 Å². The fraction of sp³-hybridized carbons (Fsp3) is 0.938. The molecule has 4 rings (SSSR count). The molecule has 0 unspecified atom stereocenters. The van der Waals surface area contributed by atoms with Gasteiger partial charge in [0.25, 0.3) is 0 Å². The maximum absolute atomic E-state index is 11.8. The van der Waals surface area contributed by atoms with Crippen LogP contribution in [-0.4, -0.2) is 38.4 Å². The Hall–Kier alpha value is -0.610. The summed E-state index contributed by atoms with van der Waals surface area (Å²) >= 11 is 0. The van der Waals surface area contributed by atoms with Gasteiger partial charge in [-0.2, -0.15) is 0 Å². The van der Waals surface area contributed by atoms with E-state index in [0.717, 1.165) is 11.8 Å². The van der Waals surface area contributed by atoms with Crippen LogP contribution in [0.2, 0.25) is 0 Å². The van der Waals surface area contributed by atoms with E-state index in [0.29, 0.717) is 25.0 Å². The van der Waals surface area contributed by atoms with E-state index in [-0.39, 0.29) is 18.1 Å². The normalized spacial score (nSPS) is 41.9. The number of hydrogen-bond donors (Lipinski definition) is 1. The minimum Gasteiger partial charge on any atom is -0.376 e. The fourth-order valence-electron chi connectivity index (χ4n) is 5.16. The first kappa shape index (κ1) is 14.3. The maximum atomic E-state index is 11.8. The fourth-order valence-corrected chi connectivity index (χ4v) is 5.16. The van der Waals surface area contributed by atoms with E-state index in [1.165, 1.54) is 32.1 Å². The summed E-state index contributed by atoms with van der Waals surface area (Å²) in [4.78, 5) is 11.8. The summed E-state index contributed by atoms with van der Waals surface area (Å²) in [6.45, 7) is 3.31. The van der Waals surface area contributed by atoms with Gasteiger partial charge < -0.3 is 14.8 Å². The third kappa shape index (κ3) is 2.37. The van der Waals surface area contributed by atoms with Gasteiger partial charge in [-0.1, -0.05) is 0 Å². The van der Waals surface area contributed by atoms with E-state index < -0.39 is 0 Å². The van der Waals surface area contributed by atoms with E-state index >= 15 is 0 Å². The second kappa shape index (κ2) is 5.64. The van der Waals surface area contributed by atoms with Crippen molar-refractivity contribution in [2.45, 2.75) is 44.6 Å². The zero-order valence-electron chi connectivity index (χ0n) is 12.7. The molecule has 0 heterocycles. The van der Waals surface area contributed by atoms with Gasteiger partial charge in [-0.3, -0.25) is 4.79 Å². The third-order valence-corrected chi connectivity index (χ3v) is 5.90. The van der Waals surface area contributed by atoms with Crippen LogP contribution in [0.1, 0.15) is 39.0 Å². The van der Waals surface area contributed by atoms with Crippen LogP contribution < -0.4 is 5.32 Å². The van der Waals surface area contributed by atoms with Gasteiger partial charge in [-0.15, -0.1) is 0 Å². The summed E-state index contributed by atoms with van der Waals surface area (Å²) < 4.78 is 11.2. The lowest BCUT2D eigenvalue weighted by Crippen LogP contribution is -2.63. The molecule has 0 atom stereocenters. The number of carbonyl (C=O) groups excluding carboxylic acids is 1. The highest BCUT2D eigenvalue weighted by atomic mass is 16.5. The minimum atomic E-state index is -0.116. The van der Waals surface area contributed by atoms with E-state index in [9.17, 15) is 4.79 Å². The van der Waals surface area contributed by atoms with E-state index in [1.54, 1.807) is 0 Å². The standard InChI is InChI=1S/C16H27NO3/c1-3-20-9-15(18)17-10-16(19-2)13-5-11-4-12(7-13)8-14(16)6-11/h11-14H,3-10H2,1-2H3,(H,17,18). The van der Waals surface area contributed by atoms with Gasteiger partial charge in [-0.25, -0.2) is 0 Å². The predicted octanol–water partition coefficient (Wildman–Crippen LogP) is 1.98. The molecule has 20 heavy (non-hydrogen) atoms. The van der Waals surface area contributed by atoms with Crippen molar-refractivity contribution < 1.29 is 14.3 Å². The molecule has 0 aromatic heterocycles. The molecule has 4 aliphatic carbocycles. The number of ether oxygens (including phenoxy) is 2.